The number of thioether (sulfide) groups is 1. The summed E-state index contributed by atoms with van der Waals surface area (Å²) in [6.45, 7) is 2.46. The van der Waals surface area contributed by atoms with E-state index in [9.17, 15) is 9.90 Å². The lowest BCUT2D eigenvalue weighted by Gasteiger charge is -2.10. The molecule has 0 fully saturated rings. The summed E-state index contributed by atoms with van der Waals surface area (Å²) in [5.41, 5.74) is 2.81. The Kier molecular flexibility index (Phi) is 4.33. The highest BCUT2D eigenvalue weighted by molar-refractivity contribution is 7.98. The Balaban J connectivity index is 2.07. The van der Waals surface area contributed by atoms with E-state index in [1.807, 2.05) is 35.9 Å². The number of nitrogens with zero attached hydrogens (tertiary/aromatic N) is 2. The van der Waals surface area contributed by atoms with Crippen molar-refractivity contribution in [3.63, 3.8) is 0 Å². The average Bonchev–Trinajstić information content (AvgIpc) is 2.84. The van der Waals surface area contributed by atoms with E-state index < -0.39 is 5.97 Å². The van der Waals surface area contributed by atoms with Crippen LogP contribution >= 0.6 is 23.4 Å². The van der Waals surface area contributed by atoms with Gasteiger partial charge in [-0.3, -0.25) is 0 Å². The summed E-state index contributed by atoms with van der Waals surface area (Å²) in [5.74, 6) is -0.118. The molecule has 1 heterocycles. The van der Waals surface area contributed by atoms with Crippen LogP contribution in [0, 0.1) is 6.92 Å². The van der Waals surface area contributed by atoms with E-state index in [-0.39, 0.29) is 5.56 Å². The molecule has 6 heteroatoms. The van der Waals surface area contributed by atoms with Gasteiger partial charge in [-0.1, -0.05) is 17.7 Å². The average molecular weight is 347 g/mol. The largest absolute Gasteiger partial charge is 0.478 e. The van der Waals surface area contributed by atoms with E-state index in [1.54, 1.807) is 30.0 Å². The maximum atomic E-state index is 11.2. The van der Waals surface area contributed by atoms with Crippen LogP contribution in [-0.4, -0.2) is 26.9 Å². The molecule has 118 valence electrons. The van der Waals surface area contributed by atoms with E-state index in [1.165, 1.54) is 0 Å². The van der Waals surface area contributed by atoms with Crippen LogP contribution in [0.4, 0.5) is 0 Å². The van der Waals surface area contributed by atoms with Crippen LogP contribution < -0.4 is 0 Å². The van der Waals surface area contributed by atoms with Crippen molar-refractivity contribution >= 4 is 40.4 Å². The van der Waals surface area contributed by atoms with Crippen LogP contribution in [0.15, 0.2) is 41.3 Å². The molecule has 0 bridgehead atoms. The third-order valence-corrected chi connectivity index (χ3v) is 4.85. The molecule has 0 amide bonds. The van der Waals surface area contributed by atoms with Crippen molar-refractivity contribution in [1.29, 1.82) is 0 Å². The summed E-state index contributed by atoms with van der Waals surface area (Å²) in [6.07, 6.45) is 2.01. The number of rotatable bonds is 4. The van der Waals surface area contributed by atoms with Crippen molar-refractivity contribution in [2.45, 2.75) is 18.4 Å². The van der Waals surface area contributed by atoms with Crippen LogP contribution in [0.25, 0.3) is 11.0 Å². The highest BCUT2D eigenvalue weighted by atomic mass is 35.5. The molecule has 3 aromatic rings. The van der Waals surface area contributed by atoms with E-state index in [0.29, 0.717) is 11.6 Å². The summed E-state index contributed by atoms with van der Waals surface area (Å²) in [7, 11) is 0. The molecule has 1 aromatic heterocycles. The quantitative estimate of drug-likeness (QED) is 0.708. The first kappa shape index (κ1) is 15.9. The summed E-state index contributed by atoms with van der Waals surface area (Å²) < 4.78 is 1.99. The number of carbonyl (C=O) groups is 1. The van der Waals surface area contributed by atoms with Crippen molar-refractivity contribution in [2.75, 3.05) is 6.26 Å². The highest BCUT2D eigenvalue weighted by Gasteiger charge is 2.12. The molecular formula is C17H15ClN2O2S. The Bertz CT molecular complexity index is 905. The predicted molar refractivity (Wildman–Crippen MR) is 93.8 cm³/mol. The normalized spacial score (nSPS) is 11.1. The van der Waals surface area contributed by atoms with Crippen molar-refractivity contribution in [1.82, 2.24) is 9.55 Å². The Morgan fingerprint density at radius 3 is 2.74 bits per heavy atom. The SMILES string of the molecule is CSc1ccc(Cn2c(C)nc3ccc(C(=O)O)cc32)c(Cl)c1. The van der Waals surface area contributed by atoms with E-state index in [4.69, 9.17) is 11.6 Å². The van der Waals surface area contributed by atoms with Gasteiger partial charge in [0.2, 0.25) is 0 Å². The fourth-order valence-corrected chi connectivity index (χ4v) is 3.27. The number of fused-ring (bicyclic) bond motifs is 1. The number of hydrogen-bond donors (Lipinski definition) is 1. The molecule has 0 saturated carbocycles. The topological polar surface area (TPSA) is 55.1 Å². The fraction of sp³-hybridized carbons (Fsp3) is 0.176. The van der Waals surface area contributed by atoms with Gasteiger partial charge < -0.3 is 9.67 Å². The van der Waals surface area contributed by atoms with Gasteiger partial charge in [-0.2, -0.15) is 0 Å². The molecule has 0 saturated heterocycles. The number of carboxylic acids is 1. The standard InChI is InChI=1S/C17H15ClN2O2S/c1-10-19-15-6-4-11(17(21)22)7-16(15)20(10)9-12-3-5-13(23-2)8-14(12)18/h3-8H,9H2,1-2H3,(H,21,22). The number of carboxylic acid groups (broad SMARTS) is 1. The third kappa shape index (κ3) is 3.07. The summed E-state index contributed by atoms with van der Waals surface area (Å²) in [5, 5.41) is 9.88. The van der Waals surface area contributed by atoms with Crippen molar-refractivity contribution in [2.24, 2.45) is 0 Å². The molecule has 0 spiro atoms. The second-order valence-corrected chi connectivity index (χ2v) is 6.50. The number of aromatic nitrogens is 2. The van der Waals surface area contributed by atoms with Crippen LogP contribution in [-0.2, 0) is 6.54 Å². The number of halogens is 1. The molecule has 23 heavy (non-hydrogen) atoms. The monoisotopic (exact) mass is 346 g/mol. The minimum absolute atomic E-state index is 0.252. The van der Waals surface area contributed by atoms with Gasteiger partial charge in [-0.15, -0.1) is 11.8 Å². The van der Waals surface area contributed by atoms with Gasteiger partial charge in [-0.25, -0.2) is 9.78 Å². The van der Waals surface area contributed by atoms with Gasteiger partial charge in [0.1, 0.15) is 5.82 Å². The molecule has 0 aliphatic heterocycles. The zero-order valence-electron chi connectivity index (χ0n) is 12.7. The van der Waals surface area contributed by atoms with E-state index in [0.717, 1.165) is 27.3 Å². The first-order valence-corrected chi connectivity index (χ1v) is 8.62. The van der Waals surface area contributed by atoms with Gasteiger partial charge in [0, 0.05) is 9.92 Å². The summed E-state index contributed by atoms with van der Waals surface area (Å²) in [4.78, 5) is 16.8. The number of hydrogen-bond acceptors (Lipinski definition) is 3. The van der Waals surface area contributed by atoms with Gasteiger partial charge in [0.15, 0.2) is 0 Å². The highest BCUT2D eigenvalue weighted by Crippen LogP contribution is 2.26. The molecule has 0 aliphatic rings. The Morgan fingerprint density at radius 1 is 1.30 bits per heavy atom. The van der Waals surface area contributed by atoms with E-state index in [2.05, 4.69) is 4.98 Å². The van der Waals surface area contributed by atoms with Crippen molar-refractivity contribution < 1.29 is 9.90 Å². The maximum Gasteiger partial charge on any atom is 0.335 e. The Morgan fingerprint density at radius 2 is 2.09 bits per heavy atom. The number of aromatic carboxylic acids is 1. The van der Waals surface area contributed by atoms with Crippen molar-refractivity contribution in [3.05, 3.63) is 58.4 Å². The smallest absolute Gasteiger partial charge is 0.335 e. The minimum atomic E-state index is -0.945. The van der Waals surface area contributed by atoms with Crippen LogP contribution in [0.2, 0.25) is 5.02 Å². The number of benzene rings is 2. The molecule has 0 atom stereocenters. The van der Waals surface area contributed by atoms with Gasteiger partial charge in [0.05, 0.1) is 23.1 Å². The van der Waals surface area contributed by atoms with Crippen LogP contribution in [0.5, 0.6) is 0 Å². The molecule has 0 radical (unpaired) electrons. The Labute approximate surface area is 143 Å². The minimum Gasteiger partial charge on any atom is -0.478 e. The van der Waals surface area contributed by atoms with Crippen LogP contribution in [0.1, 0.15) is 21.7 Å². The zero-order valence-corrected chi connectivity index (χ0v) is 14.3. The van der Waals surface area contributed by atoms with E-state index >= 15 is 0 Å². The van der Waals surface area contributed by atoms with Crippen LogP contribution in [0.3, 0.4) is 0 Å². The molecule has 0 unspecified atom stereocenters. The zero-order chi connectivity index (χ0) is 16.6. The van der Waals surface area contributed by atoms with Gasteiger partial charge in [-0.05, 0) is 49.1 Å². The molecule has 4 nitrogen and oxygen atoms in total. The summed E-state index contributed by atoms with van der Waals surface area (Å²) in [6, 6.07) is 10.9. The Hall–Kier alpha value is -1.98. The fourth-order valence-electron chi connectivity index (χ4n) is 2.53. The lowest BCUT2D eigenvalue weighted by molar-refractivity contribution is 0.0697. The molecule has 3 rings (SSSR count). The second-order valence-electron chi connectivity index (χ2n) is 5.21. The van der Waals surface area contributed by atoms with Gasteiger partial charge in [0.25, 0.3) is 0 Å². The molecule has 1 N–H and O–H groups in total. The number of imidazole rings is 1. The van der Waals surface area contributed by atoms with Crippen molar-refractivity contribution in [3.8, 4) is 0 Å². The lowest BCUT2D eigenvalue weighted by Crippen LogP contribution is -2.03. The molecule has 2 aromatic carbocycles. The number of aryl methyl sites for hydroxylation is 1. The third-order valence-electron chi connectivity index (χ3n) is 3.77. The first-order valence-electron chi connectivity index (χ1n) is 7.02. The lowest BCUT2D eigenvalue weighted by atomic mass is 10.2. The second kappa shape index (κ2) is 6.26. The summed E-state index contributed by atoms with van der Waals surface area (Å²) >= 11 is 8.01. The predicted octanol–water partition coefficient (Wildman–Crippen LogP) is 4.47. The van der Waals surface area contributed by atoms with Gasteiger partial charge >= 0.3 is 5.97 Å². The first-order chi connectivity index (χ1) is 11.0. The molecular weight excluding hydrogens is 332 g/mol. The molecule has 0 aliphatic carbocycles. The maximum absolute atomic E-state index is 11.2.